The molecule has 0 unspecified atom stereocenters. The average molecular weight is 392 g/mol. The van der Waals surface area contributed by atoms with Crippen LogP contribution < -0.4 is 10.1 Å². The molecule has 0 aliphatic carbocycles. The molecule has 1 heterocycles. The zero-order valence-electron chi connectivity index (χ0n) is 13.2. The zero-order chi connectivity index (χ0) is 17.6. The second kappa shape index (κ2) is 8.39. The summed E-state index contributed by atoms with van der Waals surface area (Å²) in [5, 5.41) is 7.90. The first-order valence-electron chi connectivity index (χ1n) is 7.58. The summed E-state index contributed by atoms with van der Waals surface area (Å²) in [4.78, 5) is 12.1. The van der Waals surface area contributed by atoms with Crippen LogP contribution in [0.2, 0.25) is 10.0 Å². The molecule has 0 fully saturated rings. The van der Waals surface area contributed by atoms with Crippen LogP contribution in [0.1, 0.15) is 5.56 Å². The summed E-state index contributed by atoms with van der Waals surface area (Å²) in [6.45, 7) is 0.324. The first kappa shape index (κ1) is 17.8. The van der Waals surface area contributed by atoms with Crippen molar-refractivity contribution in [1.29, 1.82) is 0 Å². The lowest BCUT2D eigenvalue weighted by Gasteiger charge is -2.11. The summed E-state index contributed by atoms with van der Waals surface area (Å²) in [5.74, 6) is 0.214. The summed E-state index contributed by atoms with van der Waals surface area (Å²) in [6, 6.07) is 15.0. The topological polar surface area (TPSA) is 38.3 Å². The van der Waals surface area contributed by atoms with Gasteiger partial charge in [-0.15, -0.1) is 0 Å². The van der Waals surface area contributed by atoms with Crippen molar-refractivity contribution in [3.63, 3.8) is 0 Å². The van der Waals surface area contributed by atoms with Crippen LogP contribution in [-0.2, 0) is 11.3 Å². The Morgan fingerprint density at radius 3 is 2.72 bits per heavy atom. The maximum absolute atomic E-state index is 12.1. The minimum Gasteiger partial charge on any atom is -0.482 e. The number of carbonyl (C=O) groups excluding carboxylic acids is 1. The number of amides is 1. The van der Waals surface area contributed by atoms with Crippen LogP contribution >= 0.6 is 34.5 Å². The molecular formula is C19H15Cl2NO2S. The second-order valence-corrected chi connectivity index (χ2v) is 6.93. The molecule has 3 aromatic rings. The fourth-order valence-electron chi connectivity index (χ4n) is 2.35. The normalized spacial score (nSPS) is 10.5. The molecule has 0 atom stereocenters. The fraction of sp³-hybridized carbons (Fsp3) is 0.105. The number of nitrogens with one attached hydrogen (secondary N) is 1. The highest BCUT2D eigenvalue weighted by atomic mass is 35.5. The summed E-state index contributed by atoms with van der Waals surface area (Å²) >= 11 is 13.5. The number of carbonyl (C=O) groups is 1. The van der Waals surface area contributed by atoms with Gasteiger partial charge in [-0.25, -0.2) is 0 Å². The number of thiophene rings is 1. The Morgan fingerprint density at radius 2 is 1.96 bits per heavy atom. The van der Waals surface area contributed by atoms with Crippen LogP contribution in [0, 0.1) is 0 Å². The van der Waals surface area contributed by atoms with Gasteiger partial charge in [-0.05, 0) is 51.7 Å². The Labute approximate surface area is 160 Å². The van der Waals surface area contributed by atoms with E-state index in [4.69, 9.17) is 27.9 Å². The molecule has 1 aromatic heterocycles. The van der Waals surface area contributed by atoms with Crippen molar-refractivity contribution in [2.24, 2.45) is 0 Å². The minimum atomic E-state index is -0.217. The molecule has 0 aliphatic heterocycles. The Bertz CT molecular complexity index is 866. The van der Waals surface area contributed by atoms with E-state index in [2.05, 4.69) is 16.8 Å². The fourth-order valence-corrected chi connectivity index (χ4v) is 3.47. The van der Waals surface area contributed by atoms with Gasteiger partial charge >= 0.3 is 0 Å². The number of hydrogen-bond acceptors (Lipinski definition) is 3. The van der Waals surface area contributed by atoms with Crippen LogP contribution in [0.5, 0.6) is 5.75 Å². The largest absolute Gasteiger partial charge is 0.482 e. The average Bonchev–Trinajstić information content (AvgIpc) is 3.14. The van der Waals surface area contributed by atoms with Gasteiger partial charge in [0.1, 0.15) is 5.75 Å². The smallest absolute Gasteiger partial charge is 0.258 e. The Morgan fingerprint density at radius 1 is 1.12 bits per heavy atom. The highest BCUT2D eigenvalue weighted by molar-refractivity contribution is 7.08. The van der Waals surface area contributed by atoms with E-state index in [-0.39, 0.29) is 12.5 Å². The molecule has 0 saturated heterocycles. The van der Waals surface area contributed by atoms with Gasteiger partial charge in [0.2, 0.25) is 0 Å². The predicted molar refractivity (Wildman–Crippen MR) is 104 cm³/mol. The van der Waals surface area contributed by atoms with Crippen molar-refractivity contribution in [2.45, 2.75) is 6.54 Å². The van der Waals surface area contributed by atoms with Crippen LogP contribution in [0.25, 0.3) is 11.1 Å². The zero-order valence-corrected chi connectivity index (χ0v) is 15.5. The Kier molecular flexibility index (Phi) is 5.97. The van der Waals surface area contributed by atoms with Gasteiger partial charge in [0, 0.05) is 11.6 Å². The quantitative estimate of drug-likeness (QED) is 0.609. The molecule has 0 saturated carbocycles. The van der Waals surface area contributed by atoms with Gasteiger partial charge in [-0.2, -0.15) is 11.3 Å². The van der Waals surface area contributed by atoms with Gasteiger partial charge in [-0.3, -0.25) is 4.79 Å². The third kappa shape index (κ3) is 4.75. The van der Waals surface area contributed by atoms with E-state index < -0.39 is 0 Å². The van der Waals surface area contributed by atoms with E-state index in [1.807, 2.05) is 29.6 Å². The van der Waals surface area contributed by atoms with Crippen molar-refractivity contribution in [1.82, 2.24) is 5.32 Å². The van der Waals surface area contributed by atoms with Gasteiger partial charge < -0.3 is 10.1 Å². The first-order chi connectivity index (χ1) is 12.1. The molecule has 3 nitrogen and oxygen atoms in total. The molecule has 0 radical (unpaired) electrons. The van der Waals surface area contributed by atoms with Gasteiger partial charge in [0.05, 0.1) is 5.02 Å². The van der Waals surface area contributed by atoms with Crippen LogP contribution in [0.15, 0.2) is 59.3 Å². The van der Waals surface area contributed by atoms with Crippen molar-refractivity contribution in [3.8, 4) is 16.9 Å². The van der Waals surface area contributed by atoms with Gasteiger partial charge in [-0.1, -0.05) is 47.5 Å². The highest BCUT2D eigenvalue weighted by Gasteiger charge is 2.09. The van der Waals surface area contributed by atoms with E-state index in [1.165, 1.54) is 0 Å². The lowest BCUT2D eigenvalue weighted by atomic mass is 10.0. The molecule has 2 aromatic carbocycles. The van der Waals surface area contributed by atoms with Crippen LogP contribution in [-0.4, -0.2) is 12.5 Å². The number of ether oxygens (including phenoxy) is 1. The summed E-state index contributed by atoms with van der Waals surface area (Å²) < 4.78 is 5.44. The molecule has 3 rings (SSSR count). The maximum Gasteiger partial charge on any atom is 0.258 e. The molecular weight excluding hydrogens is 377 g/mol. The standard InChI is InChI=1S/C19H15Cl2NO2S/c20-15-5-6-18(17(21)9-15)24-11-19(23)22-10-13-3-1-2-4-16(13)14-7-8-25-12-14/h1-9,12H,10-11H2,(H,22,23). The summed E-state index contributed by atoms with van der Waals surface area (Å²) in [6.07, 6.45) is 0. The van der Waals surface area contributed by atoms with Crippen molar-refractivity contribution < 1.29 is 9.53 Å². The number of rotatable bonds is 6. The van der Waals surface area contributed by atoms with Gasteiger partial charge in [0.15, 0.2) is 6.61 Å². The third-order valence-electron chi connectivity index (χ3n) is 3.58. The number of benzene rings is 2. The summed E-state index contributed by atoms with van der Waals surface area (Å²) in [5.41, 5.74) is 3.32. The van der Waals surface area contributed by atoms with Crippen molar-refractivity contribution in [3.05, 3.63) is 74.9 Å². The molecule has 128 valence electrons. The van der Waals surface area contributed by atoms with Crippen molar-refractivity contribution in [2.75, 3.05) is 6.61 Å². The Hall–Kier alpha value is -2.01. The van der Waals surface area contributed by atoms with E-state index in [0.717, 1.165) is 16.7 Å². The first-order valence-corrected chi connectivity index (χ1v) is 9.28. The van der Waals surface area contributed by atoms with Crippen LogP contribution in [0.4, 0.5) is 0 Å². The monoisotopic (exact) mass is 391 g/mol. The molecule has 0 spiro atoms. The molecule has 6 heteroatoms. The van der Waals surface area contributed by atoms with Gasteiger partial charge in [0.25, 0.3) is 5.91 Å². The lowest BCUT2D eigenvalue weighted by molar-refractivity contribution is -0.123. The minimum absolute atomic E-state index is 0.109. The number of halogens is 2. The maximum atomic E-state index is 12.1. The van der Waals surface area contributed by atoms with E-state index in [9.17, 15) is 4.79 Å². The SMILES string of the molecule is O=C(COc1ccc(Cl)cc1Cl)NCc1ccccc1-c1ccsc1. The van der Waals surface area contributed by atoms with E-state index >= 15 is 0 Å². The Balaban J connectivity index is 1.58. The van der Waals surface area contributed by atoms with E-state index in [1.54, 1.807) is 29.5 Å². The third-order valence-corrected chi connectivity index (χ3v) is 4.79. The second-order valence-electron chi connectivity index (χ2n) is 5.31. The summed E-state index contributed by atoms with van der Waals surface area (Å²) in [7, 11) is 0. The molecule has 1 amide bonds. The lowest BCUT2D eigenvalue weighted by Crippen LogP contribution is -2.28. The highest BCUT2D eigenvalue weighted by Crippen LogP contribution is 2.27. The predicted octanol–water partition coefficient (Wildman–Crippen LogP) is 5.42. The van der Waals surface area contributed by atoms with Crippen LogP contribution in [0.3, 0.4) is 0 Å². The molecule has 0 aliphatic rings. The molecule has 1 N–H and O–H groups in total. The molecule has 25 heavy (non-hydrogen) atoms. The number of hydrogen-bond donors (Lipinski definition) is 1. The van der Waals surface area contributed by atoms with E-state index in [0.29, 0.717) is 22.3 Å². The van der Waals surface area contributed by atoms with Crippen molar-refractivity contribution >= 4 is 40.4 Å². The molecule has 0 bridgehead atoms.